The SMILES string of the molecule is CCOc1ccc(S(=O)(=O)N(C(=O)c2ccc(Cl)cc2)c2ccc(OC(=O)c3ccc(Cl)cc3)cc2)cc1. The third kappa shape index (κ3) is 6.16. The Balaban J connectivity index is 1.68. The molecule has 0 aliphatic carbocycles. The summed E-state index contributed by atoms with van der Waals surface area (Å²) >= 11 is 11.8. The Morgan fingerprint density at radius 2 is 1.21 bits per heavy atom. The average molecular weight is 570 g/mol. The van der Waals surface area contributed by atoms with Crippen molar-refractivity contribution in [2.75, 3.05) is 10.9 Å². The minimum atomic E-state index is -4.35. The van der Waals surface area contributed by atoms with E-state index in [1.165, 1.54) is 84.9 Å². The van der Waals surface area contributed by atoms with Crippen molar-refractivity contribution in [1.29, 1.82) is 0 Å². The highest BCUT2D eigenvalue weighted by molar-refractivity contribution is 7.93. The van der Waals surface area contributed by atoms with Gasteiger partial charge < -0.3 is 9.47 Å². The molecule has 0 aliphatic heterocycles. The van der Waals surface area contributed by atoms with E-state index in [9.17, 15) is 18.0 Å². The second kappa shape index (κ2) is 11.7. The maximum absolute atomic E-state index is 13.7. The highest BCUT2D eigenvalue weighted by atomic mass is 35.5. The zero-order valence-corrected chi connectivity index (χ0v) is 22.3. The van der Waals surface area contributed by atoms with Gasteiger partial charge in [0.1, 0.15) is 11.5 Å². The van der Waals surface area contributed by atoms with E-state index in [0.29, 0.717) is 26.7 Å². The molecule has 0 heterocycles. The minimum absolute atomic E-state index is 0.0464. The van der Waals surface area contributed by atoms with Crippen LogP contribution in [0.25, 0.3) is 0 Å². The van der Waals surface area contributed by atoms with Crippen LogP contribution in [0.1, 0.15) is 27.6 Å². The van der Waals surface area contributed by atoms with Crippen LogP contribution < -0.4 is 13.8 Å². The fourth-order valence-electron chi connectivity index (χ4n) is 3.46. The highest BCUT2D eigenvalue weighted by Crippen LogP contribution is 2.29. The second-order valence-electron chi connectivity index (χ2n) is 7.88. The first kappa shape index (κ1) is 27.2. The van der Waals surface area contributed by atoms with Crippen LogP contribution in [-0.4, -0.2) is 26.9 Å². The van der Waals surface area contributed by atoms with Crippen LogP contribution in [0, 0.1) is 0 Å². The number of amides is 1. The molecular formula is C28H21Cl2NO6S. The van der Waals surface area contributed by atoms with Gasteiger partial charge in [0.15, 0.2) is 0 Å². The monoisotopic (exact) mass is 569 g/mol. The second-order valence-corrected chi connectivity index (χ2v) is 10.5. The molecule has 4 aromatic carbocycles. The Hall–Kier alpha value is -3.85. The maximum atomic E-state index is 13.7. The summed E-state index contributed by atoms with van der Waals surface area (Å²) in [4.78, 5) is 25.8. The lowest BCUT2D eigenvalue weighted by atomic mass is 10.2. The van der Waals surface area contributed by atoms with Crippen molar-refractivity contribution in [1.82, 2.24) is 0 Å². The first-order valence-corrected chi connectivity index (χ1v) is 13.5. The molecule has 0 radical (unpaired) electrons. The van der Waals surface area contributed by atoms with Crippen molar-refractivity contribution in [2.45, 2.75) is 11.8 Å². The maximum Gasteiger partial charge on any atom is 0.343 e. The number of esters is 1. The fraction of sp³-hybridized carbons (Fsp3) is 0.0714. The van der Waals surface area contributed by atoms with E-state index in [4.69, 9.17) is 32.7 Å². The van der Waals surface area contributed by atoms with Crippen molar-refractivity contribution in [3.63, 3.8) is 0 Å². The summed E-state index contributed by atoms with van der Waals surface area (Å²) in [6.07, 6.45) is 0. The minimum Gasteiger partial charge on any atom is -0.494 e. The van der Waals surface area contributed by atoms with Crippen LogP contribution in [0.2, 0.25) is 10.0 Å². The van der Waals surface area contributed by atoms with E-state index in [1.807, 2.05) is 6.92 Å². The predicted octanol–water partition coefficient (Wildman–Crippen LogP) is 6.65. The summed E-state index contributed by atoms with van der Waals surface area (Å²) in [5.74, 6) is -0.757. The van der Waals surface area contributed by atoms with Crippen LogP contribution in [-0.2, 0) is 10.0 Å². The normalized spacial score (nSPS) is 11.0. The molecule has 4 rings (SSSR count). The molecule has 4 aromatic rings. The number of anilines is 1. The summed E-state index contributed by atoms with van der Waals surface area (Å²) in [6.45, 7) is 2.23. The van der Waals surface area contributed by atoms with Gasteiger partial charge in [0.2, 0.25) is 0 Å². The first-order chi connectivity index (χ1) is 18.2. The number of hydrogen-bond acceptors (Lipinski definition) is 6. The molecule has 10 heteroatoms. The zero-order valence-electron chi connectivity index (χ0n) is 20.0. The molecule has 0 unspecified atom stereocenters. The third-order valence-electron chi connectivity index (χ3n) is 5.31. The van der Waals surface area contributed by atoms with Crippen LogP contribution in [0.15, 0.2) is 102 Å². The molecular weight excluding hydrogens is 549 g/mol. The van der Waals surface area contributed by atoms with Gasteiger partial charge in [0.05, 0.1) is 22.8 Å². The van der Waals surface area contributed by atoms with Crippen molar-refractivity contribution < 1.29 is 27.5 Å². The van der Waals surface area contributed by atoms with Gasteiger partial charge in [0.25, 0.3) is 15.9 Å². The van der Waals surface area contributed by atoms with Crippen LogP contribution in [0.4, 0.5) is 5.69 Å². The molecule has 0 bridgehead atoms. The van der Waals surface area contributed by atoms with Gasteiger partial charge in [0, 0.05) is 15.6 Å². The lowest BCUT2D eigenvalue weighted by Crippen LogP contribution is -2.37. The molecule has 0 aromatic heterocycles. The Morgan fingerprint density at radius 3 is 1.74 bits per heavy atom. The number of benzene rings is 4. The summed E-state index contributed by atoms with van der Waals surface area (Å²) in [6, 6.07) is 23.4. The Bertz CT molecular complexity index is 1540. The molecule has 38 heavy (non-hydrogen) atoms. The summed E-state index contributed by atoms with van der Waals surface area (Å²) < 4.78 is 38.9. The number of sulfonamides is 1. The van der Waals surface area contributed by atoms with Gasteiger partial charge in [-0.05, 0) is 104 Å². The van der Waals surface area contributed by atoms with Crippen molar-refractivity contribution >= 4 is 50.8 Å². The molecule has 0 aliphatic rings. The summed E-state index contributed by atoms with van der Waals surface area (Å²) in [7, 11) is -4.35. The number of halogens is 2. The molecule has 0 saturated heterocycles. The van der Waals surface area contributed by atoms with Gasteiger partial charge in [-0.2, -0.15) is 4.31 Å². The van der Waals surface area contributed by atoms with Gasteiger partial charge in [-0.1, -0.05) is 23.2 Å². The quantitative estimate of drug-likeness (QED) is 0.174. The van der Waals surface area contributed by atoms with Gasteiger partial charge in [-0.3, -0.25) is 4.79 Å². The number of hydrogen-bond donors (Lipinski definition) is 0. The molecule has 0 saturated carbocycles. The fourth-order valence-corrected chi connectivity index (χ4v) is 5.12. The van der Waals surface area contributed by atoms with Crippen LogP contribution >= 0.6 is 23.2 Å². The third-order valence-corrected chi connectivity index (χ3v) is 7.54. The predicted molar refractivity (Wildman–Crippen MR) is 146 cm³/mol. The van der Waals surface area contributed by atoms with Crippen LogP contribution in [0.5, 0.6) is 11.5 Å². The van der Waals surface area contributed by atoms with E-state index < -0.39 is 21.9 Å². The molecule has 7 nitrogen and oxygen atoms in total. The van der Waals surface area contributed by atoms with E-state index in [2.05, 4.69) is 0 Å². The average Bonchev–Trinajstić information content (AvgIpc) is 2.91. The lowest BCUT2D eigenvalue weighted by Gasteiger charge is -2.23. The molecule has 0 N–H and O–H groups in total. The number of nitrogens with zero attached hydrogens (tertiary/aromatic N) is 1. The highest BCUT2D eigenvalue weighted by Gasteiger charge is 2.32. The number of ether oxygens (including phenoxy) is 2. The van der Waals surface area contributed by atoms with Gasteiger partial charge in [-0.25, -0.2) is 13.2 Å². The largest absolute Gasteiger partial charge is 0.494 e. The van der Waals surface area contributed by atoms with Gasteiger partial charge >= 0.3 is 5.97 Å². The number of carbonyl (C=O) groups is 2. The van der Waals surface area contributed by atoms with Crippen molar-refractivity contribution in [3.8, 4) is 11.5 Å². The van der Waals surface area contributed by atoms with E-state index in [1.54, 1.807) is 12.1 Å². The lowest BCUT2D eigenvalue weighted by molar-refractivity contribution is 0.0734. The molecule has 1 amide bonds. The van der Waals surface area contributed by atoms with Crippen LogP contribution in [0.3, 0.4) is 0 Å². The zero-order chi connectivity index (χ0) is 27.3. The standard InChI is InChI=1S/C28H21Cl2NO6S/c1-2-36-24-15-17-26(18-16-24)38(34,35)31(27(32)19-3-7-21(29)8-4-19)23-11-13-25(14-12-23)37-28(33)20-5-9-22(30)10-6-20/h3-18H,2H2,1H3. The number of carbonyl (C=O) groups excluding carboxylic acids is 2. The van der Waals surface area contributed by atoms with Crippen molar-refractivity contribution in [2.24, 2.45) is 0 Å². The Morgan fingerprint density at radius 1 is 0.711 bits per heavy atom. The summed E-state index contributed by atoms with van der Waals surface area (Å²) in [5.41, 5.74) is 0.448. The topological polar surface area (TPSA) is 90.0 Å². The van der Waals surface area contributed by atoms with Gasteiger partial charge in [-0.15, -0.1) is 0 Å². The molecule has 0 atom stereocenters. The molecule has 194 valence electrons. The smallest absolute Gasteiger partial charge is 0.343 e. The molecule has 0 spiro atoms. The first-order valence-electron chi connectivity index (χ1n) is 11.3. The Labute approximate surface area is 230 Å². The van der Waals surface area contributed by atoms with Crippen molar-refractivity contribution in [3.05, 3.63) is 118 Å². The Kier molecular flexibility index (Phi) is 8.36. The molecule has 0 fully saturated rings. The van der Waals surface area contributed by atoms with E-state index >= 15 is 0 Å². The van der Waals surface area contributed by atoms with E-state index in [0.717, 1.165) is 0 Å². The number of rotatable bonds is 8. The summed E-state index contributed by atoms with van der Waals surface area (Å²) in [5, 5.41) is 0.874. The van der Waals surface area contributed by atoms with E-state index in [-0.39, 0.29) is 27.5 Å².